The van der Waals surface area contributed by atoms with Crippen LogP contribution in [-0.2, 0) is 4.79 Å². The first kappa shape index (κ1) is 13.7. The maximum Gasteiger partial charge on any atom is 0.220 e. The van der Waals surface area contributed by atoms with Crippen LogP contribution < -0.4 is 11.1 Å². The highest BCUT2D eigenvalue weighted by atomic mass is 16.3. The predicted octanol–water partition coefficient (Wildman–Crippen LogP) is 0.964. The molecule has 1 rings (SSSR count). The Labute approximate surface area is 102 Å². The van der Waals surface area contributed by atoms with E-state index in [1.54, 1.807) is 0 Å². The summed E-state index contributed by atoms with van der Waals surface area (Å²) in [5.74, 6) is -0.0785. The summed E-state index contributed by atoms with van der Waals surface area (Å²) in [5, 5.41) is 12.1. The van der Waals surface area contributed by atoms with Gasteiger partial charge in [-0.1, -0.05) is 30.3 Å². The molecule has 0 spiro atoms. The van der Waals surface area contributed by atoms with Crippen molar-refractivity contribution >= 4 is 5.91 Å². The van der Waals surface area contributed by atoms with Gasteiger partial charge in [-0.15, -0.1) is 0 Å². The Kier molecular flexibility index (Phi) is 5.66. The van der Waals surface area contributed by atoms with Gasteiger partial charge in [-0.05, 0) is 18.9 Å². The zero-order valence-electron chi connectivity index (χ0n) is 10.1. The Hall–Kier alpha value is -1.39. The van der Waals surface area contributed by atoms with E-state index in [0.717, 1.165) is 5.56 Å². The third-order valence-corrected chi connectivity index (χ3v) is 2.55. The lowest BCUT2D eigenvalue weighted by Gasteiger charge is -2.17. The van der Waals surface area contributed by atoms with Crippen molar-refractivity contribution in [3.63, 3.8) is 0 Å². The van der Waals surface area contributed by atoms with Crippen molar-refractivity contribution < 1.29 is 9.90 Å². The molecule has 4 N–H and O–H groups in total. The van der Waals surface area contributed by atoms with E-state index >= 15 is 0 Å². The highest BCUT2D eigenvalue weighted by Crippen LogP contribution is 2.11. The minimum atomic E-state index is -0.336. The van der Waals surface area contributed by atoms with E-state index in [1.807, 2.05) is 37.3 Å². The molecule has 1 aromatic carbocycles. The molecule has 2 atom stereocenters. The van der Waals surface area contributed by atoms with Crippen molar-refractivity contribution in [2.24, 2.45) is 5.73 Å². The summed E-state index contributed by atoms with van der Waals surface area (Å²) in [6.07, 6.45) is 1.04. The molecule has 4 heteroatoms. The van der Waals surface area contributed by atoms with Gasteiger partial charge < -0.3 is 16.2 Å². The van der Waals surface area contributed by atoms with Crippen molar-refractivity contribution in [1.29, 1.82) is 0 Å². The van der Waals surface area contributed by atoms with E-state index in [4.69, 9.17) is 5.73 Å². The Balaban J connectivity index is 2.50. The fourth-order valence-electron chi connectivity index (χ4n) is 1.54. The van der Waals surface area contributed by atoms with Gasteiger partial charge in [-0.25, -0.2) is 0 Å². The van der Waals surface area contributed by atoms with Crippen molar-refractivity contribution in [3.8, 4) is 0 Å². The van der Waals surface area contributed by atoms with Crippen LogP contribution in [0.5, 0.6) is 0 Å². The first-order valence-electron chi connectivity index (χ1n) is 5.84. The molecule has 4 nitrogen and oxygen atoms in total. The molecule has 0 saturated carbocycles. The Bertz CT molecular complexity index is 339. The van der Waals surface area contributed by atoms with Gasteiger partial charge in [0, 0.05) is 12.5 Å². The van der Waals surface area contributed by atoms with Crippen LogP contribution >= 0.6 is 0 Å². The smallest absolute Gasteiger partial charge is 0.220 e. The molecule has 0 radical (unpaired) electrons. The van der Waals surface area contributed by atoms with E-state index in [-0.39, 0.29) is 24.6 Å². The average Bonchev–Trinajstić information content (AvgIpc) is 2.34. The fraction of sp³-hybridized carbons (Fsp3) is 0.462. The van der Waals surface area contributed by atoms with Gasteiger partial charge in [-0.3, -0.25) is 4.79 Å². The maximum atomic E-state index is 11.6. The summed E-state index contributed by atoms with van der Waals surface area (Å²) in [7, 11) is 0. The highest BCUT2D eigenvalue weighted by molar-refractivity contribution is 5.76. The number of carbonyl (C=O) groups excluding carboxylic acids is 1. The van der Waals surface area contributed by atoms with Gasteiger partial charge in [-0.2, -0.15) is 0 Å². The molecule has 0 aliphatic carbocycles. The van der Waals surface area contributed by atoms with E-state index in [2.05, 4.69) is 5.32 Å². The van der Waals surface area contributed by atoms with Crippen LogP contribution in [-0.4, -0.2) is 23.7 Å². The SMILES string of the molecule is CC(N)CCC(=O)NC(CO)c1ccccc1. The predicted molar refractivity (Wildman–Crippen MR) is 67.3 cm³/mol. The number of benzene rings is 1. The van der Waals surface area contributed by atoms with E-state index in [1.165, 1.54) is 0 Å². The minimum absolute atomic E-state index is 0.0186. The molecule has 0 saturated heterocycles. The Morgan fingerprint density at radius 2 is 2.06 bits per heavy atom. The number of aliphatic hydroxyl groups is 1. The zero-order chi connectivity index (χ0) is 12.7. The number of hydrogen-bond donors (Lipinski definition) is 3. The topological polar surface area (TPSA) is 75.4 Å². The summed E-state index contributed by atoms with van der Waals surface area (Å²) in [6.45, 7) is 1.77. The third-order valence-electron chi connectivity index (χ3n) is 2.55. The van der Waals surface area contributed by atoms with Gasteiger partial charge in [0.15, 0.2) is 0 Å². The lowest BCUT2D eigenvalue weighted by molar-refractivity contribution is -0.122. The van der Waals surface area contributed by atoms with E-state index < -0.39 is 0 Å². The summed E-state index contributed by atoms with van der Waals surface area (Å²) in [4.78, 5) is 11.6. The molecular weight excluding hydrogens is 216 g/mol. The molecule has 0 aliphatic rings. The Morgan fingerprint density at radius 3 is 2.59 bits per heavy atom. The zero-order valence-corrected chi connectivity index (χ0v) is 10.1. The number of carbonyl (C=O) groups is 1. The summed E-state index contributed by atoms with van der Waals surface area (Å²) in [6, 6.07) is 9.11. The average molecular weight is 236 g/mol. The molecule has 0 bridgehead atoms. The fourth-order valence-corrected chi connectivity index (χ4v) is 1.54. The molecule has 1 amide bonds. The summed E-state index contributed by atoms with van der Waals surface area (Å²) < 4.78 is 0. The van der Waals surface area contributed by atoms with Gasteiger partial charge in [0.2, 0.25) is 5.91 Å². The van der Waals surface area contributed by atoms with Crippen LogP contribution in [0.25, 0.3) is 0 Å². The lowest BCUT2D eigenvalue weighted by Crippen LogP contribution is -2.31. The second-order valence-electron chi connectivity index (χ2n) is 4.23. The largest absolute Gasteiger partial charge is 0.394 e. The highest BCUT2D eigenvalue weighted by Gasteiger charge is 2.13. The second kappa shape index (κ2) is 7.04. The maximum absolute atomic E-state index is 11.6. The molecule has 0 aromatic heterocycles. The number of amides is 1. The monoisotopic (exact) mass is 236 g/mol. The number of nitrogens with one attached hydrogen (secondary N) is 1. The summed E-state index contributed by atoms with van der Waals surface area (Å²) >= 11 is 0. The normalized spacial score (nSPS) is 14.1. The number of hydrogen-bond acceptors (Lipinski definition) is 3. The van der Waals surface area contributed by atoms with Gasteiger partial charge >= 0.3 is 0 Å². The molecule has 0 aliphatic heterocycles. The van der Waals surface area contributed by atoms with Crippen LogP contribution in [0.4, 0.5) is 0 Å². The number of aliphatic hydroxyl groups excluding tert-OH is 1. The third kappa shape index (κ3) is 4.97. The van der Waals surface area contributed by atoms with Crippen LogP contribution in [0, 0.1) is 0 Å². The molecule has 94 valence electrons. The molecule has 0 fully saturated rings. The van der Waals surface area contributed by atoms with E-state index in [0.29, 0.717) is 12.8 Å². The standard InChI is InChI=1S/C13H20N2O2/c1-10(14)7-8-13(17)15-12(9-16)11-5-3-2-4-6-11/h2-6,10,12,16H,7-9,14H2,1H3,(H,15,17). The lowest BCUT2D eigenvalue weighted by atomic mass is 10.1. The number of rotatable bonds is 6. The first-order chi connectivity index (χ1) is 8.13. The molecular formula is C13H20N2O2. The van der Waals surface area contributed by atoms with Crippen LogP contribution in [0.3, 0.4) is 0 Å². The Morgan fingerprint density at radius 1 is 1.41 bits per heavy atom. The van der Waals surface area contributed by atoms with Gasteiger partial charge in [0.1, 0.15) is 0 Å². The van der Waals surface area contributed by atoms with Crippen molar-refractivity contribution in [2.75, 3.05) is 6.61 Å². The summed E-state index contributed by atoms with van der Waals surface area (Å²) in [5.41, 5.74) is 6.49. The molecule has 0 heterocycles. The quantitative estimate of drug-likeness (QED) is 0.688. The van der Waals surface area contributed by atoms with Crippen LogP contribution in [0.15, 0.2) is 30.3 Å². The van der Waals surface area contributed by atoms with Crippen molar-refractivity contribution in [1.82, 2.24) is 5.32 Å². The molecule has 1 aromatic rings. The minimum Gasteiger partial charge on any atom is -0.394 e. The van der Waals surface area contributed by atoms with Gasteiger partial charge in [0.05, 0.1) is 12.6 Å². The van der Waals surface area contributed by atoms with Crippen LogP contribution in [0.1, 0.15) is 31.4 Å². The molecule has 2 unspecified atom stereocenters. The van der Waals surface area contributed by atoms with Crippen LogP contribution in [0.2, 0.25) is 0 Å². The first-order valence-corrected chi connectivity index (χ1v) is 5.84. The second-order valence-corrected chi connectivity index (χ2v) is 4.23. The van der Waals surface area contributed by atoms with Crippen molar-refractivity contribution in [2.45, 2.75) is 31.8 Å². The van der Waals surface area contributed by atoms with Crippen molar-refractivity contribution in [3.05, 3.63) is 35.9 Å². The van der Waals surface area contributed by atoms with E-state index in [9.17, 15) is 9.90 Å². The van der Waals surface area contributed by atoms with Gasteiger partial charge in [0.25, 0.3) is 0 Å². The number of nitrogens with two attached hydrogens (primary N) is 1. The molecule has 17 heavy (non-hydrogen) atoms.